The van der Waals surface area contributed by atoms with Crippen LogP contribution in [0.3, 0.4) is 0 Å². The van der Waals surface area contributed by atoms with Crippen LogP contribution in [0.15, 0.2) is 39.7 Å². The summed E-state index contributed by atoms with van der Waals surface area (Å²) in [5, 5.41) is 0.433. The van der Waals surface area contributed by atoms with Crippen LogP contribution < -0.4 is 10.5 Å². The first-order valence-corrected chi connectivity index (χ1v) is 8.46. The Hall–Kier alpha value is -1.02. The third-order valence-corrected chi connectivity index (χ3v) is 5.31. The van der Waals surface area contributed by atoms with Crippen LogP contribution >= 0.6 is 39.1 Å². The highest BCUT2D eigenvalue weighted by Crippen LogP contribution is 2.29. The summed E-state index contributed by atoms with van der Waals surface area (Å²) in [4.78, 5) is -0.626. The Kier molecular flexibility index (Phi) is 4.67. The molecule has 2 rings (SSSR count). The Bertz CT molecular complexity index is 815. The fourth-order valence-corrected chi connectivity index (χ4v) is 3.52. The van der Waals surface area contributed by atoms with E-state index in [9.17, 15) is 12.8 Å². The van der Waals surface area contributed by atoms with Crippen molar-refractivity contribution >= 4 is 60.5 Å². The normalized spacial score (nSPS) is 11.4. The molecule has 3 N–H and O–H groups in total. The summed E-state index contributed by atoms with van der Waals surface area (Å²) in [6.45, 7) is 0. The van der Waals surface area contributed by atoms with E-state index >= 15 is 0 Å². The number of halogens is 4. The summed E-state index contributed by atoms with van der Waals surface area (Å²) < 4.78 is 41.0. The van der Waals surface area contributed by atoms with Gasteiger partial charge in [0.15, 0.2) is 5.82 Å². The number of anilines is 2. The van der Waals surface area contributed by atoms with Crippen molar-refractivity contribution in [3.8, 4) is 0 Å². The Morgan fingerprint density at radius 3 is 2.48 bits per heavy atom. The minimum Gasteiger partial charge on any atom is -0.396 e. The predicted molar refractivity (Wildman–Crippen MR) is 85.8 cm³/mol. The molecular weight excluding hydrogens is 406 g/mol. The van der Waals surface area contributed by atoms with Gasteiger partial charge in [-0.05, 0) is 46.3 Å². The zero-order chi connectivity index (χ0) is 15.8. The van der Waals surface area contributed by atoms with E-state index in [0.717, 1.165) is 12.1 Å². The number of sulfonamides is 1. The lowest BCUT2D eigenvalue weighted by molar-refractivity contribution is 0.573. The molecule has 0 radical (unpaired) electrons. The van der Waals surface area contributed by atoms with Crippen LogP contribution in [0.1, 0.15) is 0 Å². The molecule has 0 aliphatic carbocycles. The Labute approximate surface area is 139 Å². The van der Waals surface area contributed by atoms with Gasteiger partial charge < -0.3 is 5.73 Å². The van der Waals surface area contributed by atoms with Crippen molar-refractivity contribution in [2.45, 2.75) is 4.90 Å². The zero-order valence-electron chi connectivity index (χ0n) is 10.2. The highest BCUT2D eigenvalue weighted by molar-refractivity contribution is 9.10. The van der Waals surface area contributed by atoms with Crippen molar-refractivity contribution < 1.29 is 12.8 Å². The van der Waals surface area contributed by atoms with Crippen molar-refractivity contribution in [2.75, 3.05) is 10.5 Å². The van der Waals surface area contributed by atoms with Gasteiger partial charge in [-0.25, -0.2) is 12.8 Å². The standard InChI is InChI=1S/C12H8BrCl2FN2O2S/c13-8-5-7(1-2-9(8)15)18-21(19,20)11-4-6(14)3-10(17)12(11)16/h1-5,18H,17H2. The fraction of sp³-hybridized carbons (Fsp3) is 0. The van der Waals surface area contributed by atoms with E-state index in [0.29, 0.717) is 9.50 Å². The first-order valence-electron chi connectivity index (χ1n) is 5.43. The third kappa shape index (κ3) is 3.60. The van der Waals surface area contributed by atoms with E-state index in [1.807, 2.05) is 0 Å². The Balaban J connectivity index is 2.45. The summed E-state index contributed by atoms with van der Waals surface area (Å²) in [5.74, 6) is -1.06. The van der Waals surface area contributed by atoms with E-state index in [2.05, 4.69) is 20.7 Å². The monoisotopic (exact) mass is 412 g/mol. The molecule has 0 saturated carbocycles. The molecule has 21 heavy (non-hydrogen) atoms. The number of hydrogen-bond donors (Lipinski definition) is 2. The second-order valence-electron chi connectivity index (χ2n) is 4.04. The molecular formula is C12H8BrCl2FN2O2S. The SMILES string of the molecule is Nc1cc(Cl)cc(S(=O)(=O)Nc2ccc(Cl)c(Br)c2)c1F. The topological polar surface area (TPSA) is 72.2 Å². The minimum atomic E-state index is -4.17. The average molecular weight is 414 g/mol. The van der Waals surface area contributed by atoms with Crippen LogP contribution in [0.4, 0.5) is 15.8 Å². The summed E-state index contributed by atoms with van der Waals surface area (Å²) in [6.07, 6.45) is 0. The lowest BCUT2D eigenvalue weighted by Gasteiger charge is -2.11. The molecule has 9 heteroatoms. The molecule has 0 heterocycles. The first-order chi connectivity index (χ1) is 9.70. The molecule has 0 bridgehead atoms. The van der Waals surface area contributed by atoms with Gasteiger partial charge in [-0.2, -0.15) is 0 Å². The Morgan fingerprint density at radius 2 is 1.86 bits per heavy atom. The molecule has 0 atom stereocenters. The number of benzene rings is 2. The van der Waals surface area contributed by atoms with E-state index in [4.69, 9.17) is 28.9 Å². The smallest absolute Gasteiger partial charge is 0.264 e. The van der Waals surface area contributed by atoms with Crippen molar-refractivity contribution in [1.29, 1.82) is 0 Å². The second-order valence-corrected chi connectivity index (χ2v) is 7.39. The molecule has 0 fully saturated rings. The van der Waals surface area contributed by atoms with E-state index in [1.54, 1.807) is 0 Å². The highest BCUT2D eigenvalue weighted by Gasteiger charge is 2.22. The quantitative estimate of drug-likeness (QED) is 0.737. The number of nitrogen functional groups attached to an aromatic ring is 1. The summed E-state index contributed by atoms with van der Waals surface area (Å²) >= 11 is 14.7. The lowest BCUT2D eigenvalue weighted by atomic mass is 10.3. The van der Waals surface area contributed by atoms with Crippen LogP contribution in [0.5, 0.6) is 0 Å². The maximum absolute atomic E-state index is 13.9. The molecule has 0 aromatic heterocycles. The molecule has 0 aliphatic heterocycles. The summed E-state index contributed by atoms with van der Waals surface area (Å²) in [7, 11) is -4.17. The van der Waals surface area contributed by atoms with E-state index in [-0.39, 0.29) is 16.4 Å². The van der Waals surface area contributed by atoms with Gasteiger partial charge in [-0.15, -0.1) is 0 Å². The van der Waals surface area contributed by atoms with Gasteiger partial charge in [0.05, 0.1) is 16.4 Å². The largest absolute Gasteiger partial charge is 0.396 e. The van der Waals surface area contributed by atoms with Gasteiger partial charge >= 0.3 is 0 Å². The summed E-state index contributed by atoms with van der Waals surface area (Å²) in [5.41, 5.74) is 5.24. The lowest BCUT2D eigenvalue weighted by Crippen LogP contribution is -2.15. The zero-order valence-corrected chi connectivity index (χ0v) is 14.1. The second kappa shape index (κ2) is 6.00. The predicted octanol–water partition coefficient (Wildman–Crippen LogP) is 4.28. The third-order valence-electron chi connectivity index (χ3n) is 2.49. The van der Waals surface area contributed by atoms with Crippen LogP contribution in [0, 0.1) is 5.82 Å². The number of rotatable bonds is 3. The van der Waals surface area contributed by atoms with Gasteiger partial charge in [0.2, 0.25) is 0 Å². The maximum atomic E-state index is 13.9. The molecule has 0 spiro atoms. The molecule has 2 aromatic carbocycles. The number of nitrogens with one attached hydrogen (secondary N) is 1. The van der Waals surface area contributed by atoms with Crippen LogP contribution in [0.2, 0.25) is 10.0 Å². The van der Waals surface area contributed by atoms with Gasteiger partial charge in [0.1, 0.15) is 4.90 Å². The molecule has 0 unspecified atom stereocenters. The first kappa shape index (κ1) is 16.4. The number of nitrogens with two attached hydrogens (primary N) is 1. The molecule has 2 aromatic rings. The maximum Gasteiger partial charge on any atom is 0.264 e. The van der Waals surface area contributed by atoms with Gasteiger partial charge in [0, 0.05) is 9.50 Å². The van der Waals surface area contributed by atoms with Crippen molar-refractivity contribution in [1.82, 2.24) is 0 Å². The molecule has 4 nitrogen and oxygen atoms in total. The number of hydrogen-bond acceptors (Lipinski definition) is 3. The van der Waals surface area contributed by atoms with E-state index < -0.39 is 20.7 Å². The van der Waals surface area contributed by atoms with Crippen LogP contribution in [-0.2, 0) is 10.0 Å². The summed E-state index contributed by atoms with van der Waals surface area (Å²) in [6, 6.07) is 6.50. The average Bonchev–Trinajstić information content (AvgIpc) is 2.37. The Morgan fingerprint density at radius 1 is 1.19 bits per heavy atom. The highest BCUT2D eigenvalue weighted by atomic mass is 79.9. The fourth-order valence-electron chi connectivity index (χ4n) is 1.55. The van der Waals surface area contributed by atoms with Gasteiger partial charge in [-0.1, -0.05) is 23.2 Å². The van der Waals surface area contributed by atoms with Crippen molar-refractivity contribution in [3.63, 3.8) is 0 Å². The molecule has 0 saturated heterocycles. The van der Waals surface area contributed by atoms with Crippen LogP contribution in [-0.4, -0.2) is 8.42 Å². The van der Waals surface area contributed by atoms with Crippen molar-refractivity contribution in [3.05, 3.63) is 50.7 Å². The minimum absolute atomic E-state index is 0.0200. The van der Waals surface area contributed by atoms with Gasteiger partial charge in [-0.3, -0.25) is 4.72 Å². The molecule has 0 aliphatic rings. The molecule has 0 amide bonds. The van der Waals surface area contributed by atoms with Crippen LogP contribution in [0.25, 0.3) is 0 Å². The van der Waals surface area contributed by atoms with Gasteiger partial charge in [0.25, 0.3) is 10.0 Å². The van der Waals surface area contributed by atoms with Crippen molar-refractivity contribution in [2.24, 2.45) is 0 Å². The van der Waals surface area contributed by atoms with E-state index in [1.165, 1.54) is 18.2 Å². The molecule has 112 valence electrons.